The summed E-state index contributed by atoms with van der Waals surface area (Å²) in [6, 6.07) is 15.8. The molecule has 0 bridgehead atoms. The van der Waals surface area contributed by atoms with Crippen molar-refractivity contribution in [2.75, 3.05) is 19.7 Å². The highest BCUT2D eigenvalue weighted by Crippen LogP contribution is 2.58. The van der Waals surface area contributed by atoms with Crippen LogP contribution in [-0.2, 0) is 4.79 Å². The molecule has 1 spiro atoms. The molecule has 2 unspecified atom stereocenters. The van der Waals surface area contributed by atoms with E-state index in [0.717, 1.165) is 37.9 Å². The van der Waals surface area contributed by atoms with Crippen LogP contribution in [0.4, 0.5) is 4.39 Å². The molecule has 2 atom stereocenters. The van der Waals surface area contributed by atoms with Crippen LogP contribution in [0.5, 0.6) is 5.75 Å². The molecule has 4 rings (SSSR count). The van der Waals surface area contributed by atoms with Gasteiger partial charge in [0.1, 0.15) is 6.61 Å². The maximum Gasteiger partial charge on any atom is 0.224 e. The number of halogens is 2. The first-order chi connectivity index (χ1) is 13.2. The Labute approximate surface area is 171 Å². The Morgan fingerprint density at radius 1 is 1.14 bits per heavy atom. The smallest absolute Gasteiger partial charge is 0.224 e. The molecular weight excluding hydrogens is 379 g/mol. The molecule has 150 valence electrons. The van der Waals surface area contributed by atoms with Gasteiger partial charge in [-0.15, -0.1) is 12.4 Å². The number of amides is 1. The summed E-state index contributed by atoms with van der Waals surface area (Å²) < 4.78 is 19.6. The Kier molecular flexibility index (Phi) is 6.57. The van der Waals surface area contributed by atoms with Crippen molar-refractivity contribution >= 4 is 18.3 Å². The number of hydrogen-bond donors (Lipinski definition) is 2. The van der Waals surface area contributed by atoms with Gasteiger partial charge in [-0.2, -0.15) is 0 Å². The molecule has 2 aliphatic rings. The first-order valence-corrected chi connectivity index (χ1v) is 9.61. The van der Waals surface area contributed by atoms with E-state index in [-0.39, 0.29) is 48.0 Å². The van der Waals surface area contributed by atoms with E-state index in [1.165, 1.54) is 6.07 Å². The standard InChI is InChI=1S/C22H25FN2O2.ClH/c23-18-8-4-5-9-20(18)27-15-19(16-6-2-1-3-7-16)25-21(26)17-14-22(17)10-12-24-13-11-22;/h1-9,17,19,24H,10-15H2,(H,25,26);1H. The van der Waals surface area contributed by atoms with Crippen molar-refractivity contribution in [3.05, 3.63) is 66.0 Å². The largest absolute Gasteiger partial charge is 0.488 e. The van der Waals surface area contributed by atoms with Gasteiger partial charge in [-0.25, -0.2) is 4.39 Å². The predicted molar refractivity (Wildman–Crippen MR) is 109 cm³/mol. The molecule has 0 radical (unpaired) electrons. The second-order valence-electron chi connectivity index (χ2n) is 7.58. The lowest BCUT2D eigenvalue weighted by molar-refractivity contribution is -0.124. The SMILES string of the molecule is Cl.O=C(NC(COc1ccccc1F)c1ccccc1)C1CC12CCNCC2. The second-order valence-corrected chi connectivity index (χ2v) is 7.58. The molecule has 1 saturated heterocycles. The van der Waals surface area contributed by atoms with E-state index in [2.05, 4.69) is 10.6 Å². The van der Waals surface area contributed by atoms with E-state index < -0.39 is 5.82 Å². The van der Waals surface area contributed by atoms with Crippen molar-refractivity contribution in [1.29, 1.82) is 0 Å². The van der Waals surface area contributed by atoms with Gasteiger partial charge in [0.05, 0.1) is 6.04 Å². The summed E-state index contributed by atoms with van der Waals surface area (Å²) in [4.78, 5) is 12.9. The summed E-state index contributed by atoms with van der Waals surface area (Å²) >= 11 is 0. The van der Waals surface area contributed by atoms with Crippen molar-refractivity contribution in [2.45, 2.75) is 25.3 Å². The minimum atomic E-state index is -0.397. The quantitative estimate of drug-likeness (QED) is 0.768. The van der Waals surface area contributed by atoms with E-state index in [4.69, 9.17) is 4.74 Å². The highest BCUT2D eigenvalue weighted by Gasteiger charge is 2.57. The topological polar surface area (TPSA) is 50.4 Å². The van der Waals surface area contributed by atoms with Gasteiger partial charge >= 0.3 is 0 Å². The highest BCUT2D eigenvalue weighted by atomic mass is 35.5. The van der Waals surface area contributed by atoms with Gasteiger partial charge < -0.3 is 15.4 Å². The Morgan fingerprint density at radius 3 is 2.54 bits per heavy atom. The molecule has 2 fully saturated rings. The molecule has 1 aliphatic heterocycles. The fourth-order valence-electron chi connectivity index (χ4n) is 4.11. The summed E-state index contributed by atoms with van der Waals surface area (Å²) in [7, 11) is 0. The summed E-state index contributed by atoms with van der Waals surface area (Å²) in [6.07, 6.45) is 3.09. The normalized spacial score (nSPS) is 20.7. The Balaban J connectivity index is 0.00000225. The third-order valence-corrected chi connectivity index (χ3v) is 5.87. The highest BCUT2D eigenvalue weighted by molar-refractivity contribution is 5.85. The van der Waals surface area contributed by atoms with Crippen molar-refractivity contribution < 1.29 is 13.9 Å². The number of hydrogen-bond acceptors (Lipinski definition) is 3. The minimum absolute atomic E-state index is 0. The minimum Gasteiger partial charge on any atom is -0.488 e. The Bertz CT molecular complexity index is 796. The molecule has 4 nitrogen and oxygen atoms in total. The van der Waals surface area contributed by atoms with Crippen LogP contribution in [0.2, 0.25) is 0 Å². The molecular formula is C22H26ClFN2O2. The van der Waals surface area contributed by atoms with E-state index in [0.29, 0.717) is 0 Å². The lowest BCUT2D eigenvalue weighted by atomic mass is 9.91. The van der Waals surface area contributed by atoms with Gasteiger partial charge in [-0.05, 0) is 55.5 Å². The zero-order valence-electron chi connectivity index (χ0n) is 15.7. The number of piperidine rings is 1. The number of nitrogens with one attached hydrogen (secondary N) is 2. The van der Waals surface area contributed by atoms with Crippen LogP contribution in [0, 0.1) is 17.2 Å². The summed E-state index contributed by atoms with van der Waals surface area (Å²) in [5.74, 6) is -0.0254. The molecule has 1 amide bonds. The van der Waals surface area contributed by atoms with Gasteiger partial charge in [-0.3, -0.25) is 4.79 Å². The maximum absolute atomic E-state index is 13.9. The lowest BCUT2D eigenvalue weighted by Gasteiger charge is -2.24. The molecule has 2 aromatic rings. The summed E-state index contributed by atoms with van der Waals surface area (Å²) in [5, 5.41) is 6.51. The van der Waals surface area contributed by atoms with E-state index >= 15 is 0 Å². The van der Waals surface area contributed by atoms with Gasteiger partial charge in [0.2, 0.25) is 5.91 Å². The van der Waals surface area contributed by atoms with E-state index in [1.54, 1.807) is 18.2 Å². The number of para-hydroxylation sites is 1. The number of ether oxygens (including phenoxy) is 1. The first kappa shape index (κ1) is 20.6. The number of carbonyl (C=O) groups excluding carboxylic acids is 1. The molecule has 1 aliphatic carbocycles. The molecule has 28 heavy (non-hydrogen) atoms. The van der Waals surface area contributed by atoms with Crippen molar-refractivity contribution in [2.24, 2.45) is 11.3 Å². The van der Waals surface area contributed by atoms with E-state index in [9.17, 15) is 9.18 Å². The zero-order valence-corrected chi connectivity index (χ0v) is 16.5. The second kappa shape index (κ2) is 8.93. The van der Waals surface area contributed by atoms with Crippen LogP contribution in [0.25, 0.3) is 0 Å². The third kappa shape index (κ3) is 4.47. The van der Waals surface area contributed by atoms with Crippen molar-refractivity contribution in [3.63, 3.8) is 0 Å². The third-order valence-electron chi connectivity index (χ3n) is 5.87. The van der Waals surface area contributed by atoms with Crippen LogP contribution in [0.1, 0.15) is 30.9 Å². The van der Waals surface area contributed by atoms with Crippen LogP contribution in [-0.4, -0.2) is 25.6 Å². The van der Waals surface area contributed by atoms with E-state index in [1.807, 2.05) is 30.3 Å². The maximum atomic E-state index is 13.9. The molecule has 2 N–H and O–H groups in total. The Hall–Kier alpha value is -2.11. The fraction of sp³-hybridized carbons (Fsp3) is 0.409. The zero-order chi connectivity index (χ0) is 18.7. The number of rotatable bonds is 6. The predicted octanol–water partition coefficient (Wildman–Crippen LogP) is 3.87. The van der Waals surface area contributed by atoms with Gasteiger partial charge in [0, 0.05) is 5.92 Å². The lowest BCUT2D eigenvalue weighted by Crippen LogP contribution is -2.37. The fourth-order valence-corrected chi connectivity index (χ4v) is 4.11. The molecule has 0 aromatic heterocycles. The average molecular weight is 405 g/mol. The summed E-state index contributed by atoms with van der Waals surface area (Å²) in [5.41, 5.74) is 1.14. The average Bonchev–Trinajstić information content (AvgIpc) is 3.40. The van der Waals surface area contributed by atoms with Gasteiger partial charge in [-0.1, -0.05) is 42.5 Å². The van der Waals surface area contributed by atoms with Crippen LogP contribution in [0.15, 0.2) is 54.6 Å². The van der Waals surface area contributed by atoms with Gasteiger partial charge in [0.25, 0.3) is 0 Å². The monoisotopic (exact) mass is 404 g/mol. The van der Waals surface area contributed by atoms with Crippen LogP contribution < -0.4 is 15.4 Å². The number of benzene rings is 2. The van der Waals surface area contributed by atoms with Crippen molar-refractivity contribution in [3.8, 4) is 5.75 Å². The van der Waals surface area contributed by atoms with Crippen LogP contribution >= 0.6 is 12.4 Å². The molecule has 1 saturated carbocycles. The molecule has 6 heteroatoms. The number of carbonyl (C=O) groups is 1. The van der Waals surface area contributed by atoms with Crippen molar-refractivity contribution in [1.82, 2.24) is 10.6 Å². The molecule has 1 heterocycles. The van der Waals surface area contributed by atoms with Crippen LogP contribution in [0.3, 0.4) is 0 Å². The molecule has 2 aromatic carbocycles. The first-order valence-electron chi connectivity index (χ1n) is 9.61. The Morgan fingerprint density at radius 2 is 1.82 bits per heavy atom. The van der Waals surface area contributed by atoms with Gasteiger partial charge in [0.15, 0.2) is 11.6 Å². The summed E-state index contributed by atoms with van der Waals surface area (Å²) in [6.45, 7) is 2.17.